The van der Waals surface area contributed by atoms with Crippen molar-refractivity contribution in [1.29, 1.82) is 0 Å². The van der Waals surface area contributed by atoms with Crippen LogP contribution in [0, 0.1) is 5.82 Å². The van der Waals surface area contributed by atoms with E-state index >= 15 is 4.39 Å². The summed E-state index contributed by atoms with van der Waals surface area (Å²) in [6.45, 7) is -0.199. The predicted molar refractivity (Wildman–Crippen MR) is 150 cm³/mol. The van der Waals surface area contributed by atoms with Gasteiger partial charge in [0, 0.05) is 57.6 Å². The van der Waals surface area contributed by atoms with Crippen LogP contribution in [-0.2, 0) is 23.8 Å². The summed E-state index contributed by atoms with van der Waals surface area (Å²) in [5, 5.41) is 4.37. The van der Waals surface area contributed by atoms with Crippen molar-refractivity contribution in [2.45, 2.75) is 6.54 Å². The zero-order valence-electron chi connectivity index (χ0n) is 22.9. The molecule has 13 nitrogen and oxygen atoms in total. The fraction of sp³-hybridized carbons (Fsp3) is 0.231. The Labute approximate surface area is 234 Å². The Morgan fingerprint density at radius 1 is 1.07 bits per heavy atom. The number of benzene rings is 2. The van der Waals surface area contributed by atoms with Gasteiger partial charge in [-0.3, -0.25) is 14.0 Å². The molecular weight excluding hydrogens is 555 g/mol. The van der Waals surface area contributed by atoms with Gasteiger partial charge in [-0.15, -0.1) is 0 Å². The van der Waals surface area contributed by atoms with Gasteiger partial charge >= 0.3 is 10.2 Å². The lowest BCUT2D eigenvalue weighted by Crippen LogP contribution is -2.31. The lowest BCUT2D eigenvalue weighted by Gasteiger charge is -2.27. The molecule has 2 aromatic carbocycles. The van der Waals surface area contributed by atoms with E-state index in [2.05, 4.69) is 15.1 Å². The van der Waals surface area contributed by atoms with Crippen molar-refractivity contribution >= 4 is 32.5 Å². The first kappa shape index (κ1) is 27.8. The molecule has 3 aromatic heterocycles. The largest absolute Gasteiger partial charge is 0.497 e. The van der Waals surface area contributed by atoms with E-state index in [0.29, 0.717) is 22.6 Å². The molecule has 0 aliphatic rings. The molecule has 3 heterocycles. The maximum Gasteiger partial charge on any atom is 0.308 e. The molecule has 0 aliphatic carbocycles. The van der Waals surface area contributed by atoms with Crippen LogP contribution in [-0.4, -0.2) is 69.3 Å². The molecule has 0 fully saturated rings. The number of methoxy groups -OCH3 is 2. The molecule has 0 amide bonds. The molecule has 214 valence electrons. The monoisotopic (exact) mass is 582 g/mol. The number of imidazole rings is 1. The first-order valence-corrected chi connectivity index (χ1v) is 13.6. The van der Waals surface area contributed by atoms with Crippen LogP contribution < -0.4 is 19.9 Å². The molecule has 41 heavy (non-hydrogen) atoms. The molecular formula is C26H27FN8O5S. The highest BCUT2D eigenvalue weighted by atomic mass is 32.2. The highest BCUT2D eigenvalue weighted by Crippen LogP contribution is 2.38. The van der Waals surface area contributed by atoms with Gasteiger partial charge in [0.15, 0.2) is 11.6 Å². The third-order valence-corrected chi connectivity index (χ3v) is 8.20. The minimum absolute atomic E-state index is 0.00817. The fourth-order valence-electron chi connectivity index (χ4n) is 4.29. The van der Waals surface area contributed by atoms with Crippen LogP contribution in [0.3, 0.4) is 0 Å². The number of hydrogen-bond donors (Lipinski definition) is 0. The average molecular weight is 583 g/mol. The summed E-state index contributed by atoms with van der Waals surface area (Å²) in [5.74, 6) is -0.413. The van der Waals surface area contributed by atoms with Gasteiger partial charge < -0.3 is 14.4 Å². The highest BCUT2D eigenvalue weighted by molar-refractivity contribution is 7.87. The number of nitrogens with zero attached hydrogens (tertiary/aromatic N) is 8. The molecule has 15 heteroatoms. The number of rotatable bonds is 9. The number of ether oxygens (including phenoxy) is 2. The van der Waals surface area contributed by atoms with Crippen LogP contribution in [0.25, 0.3) is 16.6 Å². The van der Waals surface area contributed by atoms with Crippen LogP contribution in [0.1, 0.15) is 5.82 Å². The molecule has 0 unspecified atom stereocenters. The van der Waals surface area contributed by atoms with Crippen LogP contribution >= 0.6 is 0 Å². The van der Waals surface area contributed by atoms with Gasteiger partial charge in [-0.25, -0.2) is 18.3 Å². The van der Waals surface area contributed by atoms with Gasteiger partial charge in [0.25, 0.3) is 5.56 Å². The van der Waals surface area contributed by atoms with Crippen LogP contribution in [0.2, 0.25) is 0 Å². The Hall–Kier alpha value is -4.76. The quantitative estimate of drug-likeness (QED) is 0.257. The Morgan fingerprint density at radius 3 is 2.51 bits per heavy atom. The smallest absolute Gasteiger partial charge is 0.308 e. The van der Waals surface area contributed by atoms with E-state index in [1.54, 1.807) is 36.1 Å². The van der Waals surface area contributed by atoms with Crippen molar-refractivity contribution in [3.05, 3.63) is 83.4 Å². The van der Waals surface area contributed by atoms with Crippen molar-refractivity contribution < 1.29 is 22.3 Å². The Bertz CT molecular complexity index is 1910. The summed E-state index contributed by atoms with van der Waals surface area (Å²) in [6, 6.07) is 7.70. The maximum absolute atomic E-state index is 15.8. The topological polar surface area (TPSA) is 130 Å². The van der Waals surface area contributed by atoms with E-state index in [1.165, 1.54) is 74.8 Å². The zero-order chi connectivity index (χ0) is 29.5. The number of halogens is 1. The lowest BCUT2D eigenvalue weighted by molar-refractivity contribution is 0.374. The number of aryl methyl sites for hydroxylation is 1. The highest BCUT2D eigenvalue weighted by Gasteiger charge is 2.26. The van der Waals surface area contributed by atoms with Gasteiger partial charge in [0.1, 0.15) is 17.9 Å². The van der Waals surface area contributed by atoms with E-state index < -0.39 is 16.0 Å². The SMILES string of the molecule is COc1cc(OC)c(F)c(N(Cc2nccn2S(=O)(=O)N(C)C)c2ccc3ncn(-c4cnn(C)c4)c(=O)c3c2)c1. The van der Waals surface area contributed by atoms with Crippen molar-refractivity contribution in [2.24, 2.45) is 7.05 Å². The average Bonchev–Trinajstić information content (AvgIpc) is 3.61. The summed E-state index contributed by atoms with van der Waals surface area (Å²) in [5.41, 5.74) is 0.943. The summed E-state index contributed by atoms with van der Waals surface area (Å²) >= 11 is 0. The standard InChI is InChI=1S/C26H27FN8O5S/c1-31(2)41(37,38)35-9-8-28-24(35)15-33(22-11-19(39-4)12-23(40-5)25(22)27)17-6-7-21-20(10-17)26(36)34(16-29-21)18-13-30-32(3)14-18/h6-14,16H,15H2,1-5H3. The van der Waals surface area contributed by atoms with Crippen molar-refractivity contribution in [2.75, 3.05) is 33.2 Å². The van der Waals surface area contributed by atoms with Gasteiger partial charge in [0.05, 0.1) is 49.2 Å². The van der Waals surface area contributed by atoms with Crippen LogP contribution in [0.5, 0.6) is 11.5 Å². The van der Waals surface area contributed by atoms with E-state index in [4.69, 9.17) is 9.47 Å². The molecule has 0 spiro atoms. The fourth-order valence-corrected chi connectivity index (χ4v) is 5.22. The van der Waals surface area contributed by atoms with Crippen LogP contribution in [0.4, 0.5) is 15.8 Å². The summed E-state index contributed by atoms with van der Waals surface area (Å²) in [7, 11) is 3.34. The Morgan fingerprint density at radius 2 is 1.85 bits per heavy atom. The van der Waals surface area contributed by atoms with Crippen molar-refractivity contribution in [3.63, 3.8) is 0 Å². The minimum Gasteiger partial charge on any atom is -0.497 e. The zero-order valence-corrected chi connectivity index (χ0v) is 23.7. The molecule has 0 radical (unpaired) electrons. The van der Waals surface area contributed by atoms with E-state index in [9.17, 15) is 13.2 Å². The minimum atomic E-state index is -3.94. The van der Waals surface area contributed by atoms with E-state index in [1.807, 2.05) is 0 Å². The summed E-state index contributed by atoms with van der Waals surface area (Å²) in [6.07, 6.45) is 7.27. The molecule has 0 atom stereocenters. The molecule has 0 saturated heterocycles. The second-order valence-electron chi connectivity index (χ2n) is 9.17. The van der Waals surface area contributed by atoms with Crippen LogP contribution in [0.15, 0.2) is 66.2 Å². The third-order valence-electron chi connectivity index (χ3n) is 6.45. The second kappa shape index (κ2) is 10.7. The molecule has 0 saturated carbocycles. The lowest BCUT2D eigenvalue weighted by atomic mass is 10.1. The van der Waals surface area contributed by atoms with E-state index in [-0.39, 0.29) is 34.8 Å². The summed E-state index contributed by atoms with van der Waals surface area (Å²) < 4.78 is 57.4. The normalized spacial score (nSPS) is 11.8. The van der Waals surface area contributed by atoms with Crippen molar-refractivity contribution in [3.8, 4) is 17.2 Å². The predicted octanol–water partition coefficient (Wildman–Crippen LogP) is 2.46. The first-order valence-electron chi connectivity index (χ1n) is 12.2. The van der Waals surface area contributed by atoms with E-state index in [0.717, 1.165) is 8.28 Å². The maximum atomic E-state index is 15.8. The Kier molecular flexibility index (Phi) is 7.23. The number of aromatic nitrogens is 6. The molecule has 0 N–H and O–H groups in total. The van der Waals surface area contributed by atoms with Crippen molar-refractivity contribution in [1.82, 2.24) is 32.6 Å². The molecule has 5 rings (SSSR count). The third kappa shape index (κ3) is 5.00. The summed E-state index contributed by atoms with van der Waals surface area (Å²) in [4.78, 5) is 23.7. The first-order chi connectivity index (χ1) is 19.5. The van der Waals surface area contributed by atoms with Gasteiger partial charge in [-0.2, -0.15) is 17.8 Å². The molecule has 0 aliphatic heterocycles. The Balaban J connectivity index is 1.73. The molecule has 5 aromatic rings. The van der Waals surface area contributed by atoms with Gasteiger partial charge in [-0.1, -0.05) is 0 Å². The number of fused-ring (bicyclic) bond motifs is 1. The molecule has 0 bridgehead atoms. The number of anilines is 2. The van der Waals surface area contributed by atoms with Gasteiger partial charge in [0.2, 0.25) is 0 Å². The number of hydrogen-bond acceptors (Lipinski definition) is 9. The second-order valence-corrected chi connectivity index (χ2v) is 11.2. The van der Waals surface area contributed by atoms with Gasteiger partial charge in [-0.05, 0) is 18.2 Å².